The van der Waals surface area contributed by atoms with Crippen molar-refractivity contribution in [2.75, 3.05) is 6.54 Å². The number of fused-ring (bicyclic) bond motifs is 1. The molecular weight excluding hydrogens is 344 g/mol. The summed E-state index contributed by atoms with van der Waals surface area (Å²) in [4.78, 5) is 25.1. The number of aliphatic carboxylic acids is 1. The molecule has 1 heterocycles. The van der Waals surface area contributed by atoms with Crippen molar-refractivity contribution in [3.05, 3.63) is 78.0 Å². The van der Waals surface area contributed by atoms with Crippen LogP contribution in [0.4, 0.5) is 0 Å². The molecular formula is C21H20N2O4. The second kappa shape index (κ2) is 8.71. The van der Waals surface area contributed by atoms with Gasteiger partial charge in [0.05, 0.1) is 0 Å². The Labute approximate surface area is 156 Å². The van der Waals surface area contributed by atoms with Crippen molar-refractivity contribution in [2.24, 2.45) is 0 Å². The zero-order valence-electron chi connectivity index (χ0n) is 14.6. The van der Waals surface area contributed by atoms with Crippen molar-refractivity contribution >= 4 is 22.8 Å². The molecule has 3 rings (SSSR count). The fourth-order valence-corrected chi connectivity index (χ4v) is 2.72. The summed E-state index contributed by atoms with van der Waals surface area (Å²) in [6.07, 6.45) is 4.35. The molecule has 0 radical (unpaired) electrons. The molecule has 0 saturated heterocycles. The lowest BCUT2D eigenvalue weighted by Gasteiger charge is -2.07. The van der Waals surface area contributed by atoms with E-state index in [1.165, 1.54) is 0 Å². The van der Waals surface area contributed by atoms with Gasteiger partial charge in [-0.3, -0.25) is 4.79 Å². The van der Waals surface area contributed by atoms with Gasteiger partial charge in [0.2, 0.25) is 5.91 Å². The van der Waals surface area contributed by atoms with Crippen LogP contribution in [-0.2, 0) is 22.6 Å². The van der Waals surface area contributed by atoms with Crippen LogP contribution in [0.1, 0.15) is 11.1 Å². The Kier molecular flexibility index (Phi) is 5.89. The van der Waals surface area contributed by atoms with E-state index in [-0.39, 0.29) is 0 Å². The number of carboxylic acids is 1. The normalized spacial score (nSPS) is 11.0. The zero-order valence-corrected chi connectivity index (χ0v) is 14.6. The summed E-state index contributed by atoms with van der Waals surface area (Å²) in [7, 11) is 0. The third-order valence-electron chi connectivity index (χ3n) is 4.06. The molecule has 1 aromatic heterocycles. The number of amides is 1. The fraction of sp³-hybridized carbons (Fsp3) is 0.143. The molecule has 138 valence electrons. The van der Waals surface area contributed by atoms with E-state index in [0.717, 1.165) is 39.9 Å². The highest BCUT2D eigenvalue weighted by Gasteiger charge is 2.06. The second-order valence-electron chi connectivity index (χ2n) is 6.01. The van der Waals surface area contributed by atoms with Gasteiger partial charge in [0.1, 0.15) is 12.4 Å². The summed E-state index contributed by atoms with van der Waals surface area (Å²) in [6.45, 7) is 0.906. The van der Waals surface area contributed by atoms with Gasteiger partial charge >= 0.3 is 5.97 Å². The second-order valence-corrected chi connectivity index (χ2v) is 6.01. The Hall–Kier alpha value is -3.54. The first kappa shape index (κ1) is 18.3. The summed E-state index contributed by atoms with van der Waals surface area (Å²) < 4.78 is 5.87. The molecule has 0 bridgehead atoms. The van der Waals surface area contributed by atoms with Crippen molar-refractivity contribution in [2.45, 2.75) is 13.0 Å². The molecule has 0 unspecified atom stereocenters. The molecule has 1 amide bonds. The molecule has 6 heteroatoms. The zero-order chi connectivity index (χ0) is 19.1. The van der Waals surface area contributed by atoms with E-state index in [2.05, 4.69) is 10.3 Å². The standard InChI is InChI=1S/C21H20N2O4/c24-20(8-9-21(25)26)22-11-10-16-13-23-19-7-6-17(12-18(16)19)27-14-15-4-2-1-3-5-15/h1-9,12-13,23H,10-11,14H2,(H,22,24)(H,25,26)/b9-8+. The quantitative estimate of drug-likeness (QED) is 0.536. The molecule has 3 N–H and O–H groups in total. The third-order valence-corrected chi connectivity index (χ3v) is 4.06. The molecule has 6 nitrogen and oxygen atoms in total. The Morgan fingerprint density at radius 1 is 1.11 bits per heavy atom. The summed E-state index contributed by atoms with van der Waals surface area (Å²) >= 11 is 0. The lowest BCUT2D eigenvalue weighted by atomic mass is 10.1. The lowest BCUT2D eigenvalue weighted by molar-refractivity contribution is -0.131. The number of rotatable bonds is 8. The van der Waals surface area contributed by atoms with E-state index in [1.807, 2.05) is 54.7 Å². The molecule has 0 atom stereocenters. The number of aromatic nitrogens is 1. The SMILES string of the molecule is O=C(O)/C=C/C(=O)NCCc1c[nH]c2ccc(OCc3ccccc3)cc12. The van der Waals surface area contributed by atoms with E-state index in [1.54, 1.807) is 0 Å². The average molecular weight is 364 g/mol. The van der Waals surface area contributed by atoms with Crippen LogP contribution < -0.4 is 10.1 Å². The van der Waals surface area contributed by atoms with Gasteiger partial charge < -0.3 is 20.1 Å². The predicted molar refractivity (Wildman–Crippen MR) is 103 cm³/mol. The average Bonchev–Trinajstić information content (AvgIpc) is 3.08. The van der Waals surface area contributed by atoms with Gasteiger partial charge in [0, 0.05) is 35.8 Å². The first-order valence-electron chi connectivity index (χ1n) is 8.57. The molecule has 0 aliphatic carbocycles. The van der Waals surface area contributed by atoms with Gasteiger partial charge in [0.15, 0.2) is 0 Å². The van der Waals surface area contributed by atoms with Crippen LogP contribution in [0.5, 0.6) is 5.75 Å². The number of ether oxygens (including phenoxy) is 1. The molecule has 0 saturated carbocycles. The minimum Gasteiger partial charge on any atom is -0.489 e. The van der Waals surface area contributed by atoms with Crippen molar-refractivity contribution in [1.29, 1.82) is 0 Å². The predicted octanol–water partition coefficient (Wildman–Crippen LogP) is 3.05. The Balaban J connectivity index is 1.61. The minimum absolute atomic E-state index is 0.408. The van der Waals surface area contributed by atoms with Crippen molar-refractivity contribution in [3.8, 4) is 5.75 Å². The van der Waals surface area contributed by atoms with E-state index in [4.69, 9.17) is 9.84 Å². The molecule has 0 spiro atoms. The molecule has 3 aromatic rings. The van der Waals surface area contributed by atoms with Gasteiger partial charge in [0.25, 0.3) is 0 Å². The number of aromatic amines is 1. The van der Waals surface area contributed by atoms with E-state index in [9.17, 15) is 9.59 Å². The van der Waals surface area contributed by atoms with Crippen molar-refractivity contribution in [1.82, 2.24) is 10.3 Å². The molecule has 27 heavy (non-hydrogen) atoms. The smallest absolute Gasteiger partial charge is 0.328 e. The van der Waals surface area contributed by atoms with Gasteiger partial charge in [-0.05, 0) is 35.7 Å². The van der Waals surface area contributed by atoms with E-state index in [0.29, 0.717) is 19.6 Å². The van der Waals surface area contributed by atoms with E-state index < -0.39 is 11.9 Å². The Bertz CT molecular complexity index is 961. The first-order valence-corrected chi connectivity index (χ1v) is 8.57. The maximum Gasteiger partial charge on any atom is 0.328 e. The summed E-state index contributed by atoms with van der Waals surface area (Å²) in [5, 5.41) is 12.2. The van der Waals surface area contributed by atoms with Crippen molar-refractivity contribution in [3.63, 3.8) is 0 Å². The van der Waals surface area contributed by atoms with Crippen LogP contribution in [-0.4, -0.2) is 28.5 Å². The fourth-order valence-electron chi connectivity index (χ4n) is 2.72. The minimum atomic E-state index is -1.15. The molecule has 2 aromatic carbocycles. The van der Waals surface area contributed by atoms with Crippen LogP contribution in [0.3, 0.4) is 0 Å². The number of H-pyrrole nitrogens is 1. The number of hydrogen-bond acceptors (Lipinski definition) is 3. The van der Waals surface area contributed by atoms with Gasteiger partial charge in [-0.15, -0.1) is 0 Å². The topological polar surface area (TPSA) is 91.4 Å². The van der Waals surface area contributed by atoms with Crippen LogP contribution in [0.25, 0.3) is 10.9 Å². The monoisotopic (exact) mass is 364 g/mol. The van der Waals surface area contributed by atoms with Gasteiger partial charge in [-0.1, -0.05) is 30.3 Å². The van der Waals surface area contributed by atoms with Crippen LogP contribution >= 0.6 is 0 Å². The van der Waals surface area contributed by atoms with Crippen LogP contribution in [0.15, 0.2) is 66.9 Å². The Morgan fingerprint density at radius 2 is 1.93 bits per heavy atom. The largest absolute Gasteiger partial charge is 0.489 e. The molecule has 0 aliphatic heterocycles. The first-order chi connectivity index (χ1) is 13.1. The number of nitrogens with one attached hydrogen (secondary N) is 2. The van der Waals surface area contributed by atoms with E-state index >= 15 is 0 Å². The molecule has 0 fully saturated rings. The highest BCUT2D eigenvalue weighted by Crippen LogP contribution is 2.24. The number of hydrogen-bond donors (Lipinski definition) is 3. The number of carbonyl (C=O) groups is 2. The number of carbonyl (C=O) groups excluding carboxylic acids is 1. The lowest BCUT2D eigenvalue weighted by Crippen LogP contribution is -2.23. The van der Waals surface area contributed by atoms with Gasteiger partial charge in [-0.2, -0.15) is 0 Å². The highest BCUT2D eigenvalue weighted by atomic mass is 16.5. The van der Waals surface area contributed by atoms with Crippen LogP contribution in [0, 0.1) is 0 Å². The summed E-state index contributed by atoms with van der Waals surface area (Å²) in [5.74, 6) is -0.797. The number of benzene rings is 2. The third kappa shape index (κ3) is 5.22. The number of carboxylic acid groups (broad SMARTS) is 1. The summed E-state index contributed by atoms with van der Waals surface area (Å²) in [5.41, 5.74) is 3.15. The van der Waals surface area contributed by atoms with Crippen molar-refractivity contribution < 1.29 is 19.4 Å². The summed E-state index contributed by atoms with van der Waals surface area (Å²) in [6, 6.07) is 15.8. The maximum atomic E-state index is 11.5. The maximum absolute atomic E-state index is 11.5. The van der Waals surface area contributed by atoms with Gasteiger partial charge in [-0.25, -0.2) is 4.79 Å². The molecule has 0 aliphatic rings. The highest BCUT2D eigenvalue weighted by molar-refractivity contribution is 5.93. The van der Waals surface area contributed by atoms with Crippen LogP contribution in [0.2, 0.25) is 0 Å². The Morgan fingerprint density at radius 3 is 2.70 bits per heavy atom.